The number of likely N-dealkylation sites (N-methyl/N-ethyl adjacent to an activating group) is 1. The predicted octanol–water partition coefficient (Wildman–Crippen LogP) is 4.54. The van der Waals surface area contributed by atoms with Gasteiger partial charge in [0.1, 0.15) is 5.70 Å². The molecule has 2 amide bonds. The molecule has 0 aliphatic carbocycles. The number of hydrogen-bond acceptors (Lipinski definition) is 4. The SMILES string of the molecule is CCCCCCN1C(=O)C(c2cccs2)=C(N(C)Cc2ccccc2)C1=O. The Balaban J connectivity index is 1.86. The molecule has 0 saturated heterocycles. The summed E-state index contributed by atoms with van der Waals surface area (Å²) < 4.78 is 0. The molecule has 3 rings (SSSR count). The molecular formula is C22H26N2O2S. The van der Waals surface area contributed by atoms with Crippen LogP contribution in [0.2, 0.25) is 0 Å². The molecule has 0 saturated carbocycles. The van der Waals surface area contributed by atoms with Crippen LogP contribution >= 0.6 is 11.3 Å². The molecule has 0 unspecified atom stereocenters. The summed E-state index contributed by atoms with van der Waals surface area (Å²) in [6.07, 6.45) is 4.16. The van der Waals surface area contributed by atoms with E-state index in [9.17, 15) is 9.59 Å². The number of thiophene rings is 1. The monoisotopic (exact) mass is 382 g/mol. The van der Waals surface area contributed by atoms with Gasteiger partial charge in [-0.1, -0.05) is 62.6 Å². The molecule has 142 valence electrons. The molecule has 0 bridgehead atoms. The van der Waals surface area contributed by atoms with Crippen molar-refractivity contribution in [3.8, 4) is 0 Å². The van der Waals surface area contributed by atoms with Gasteiger partial charge in [0.15, 0.2) is 0 Å². The fraction of sp³-hybridized carbons (Fsp3) is 0.364. The average Bonchev–Trinajstić information content (AvgIpc) is 3.27. The van der Waals surface area contributed by atoms with Crippen LogP contribution in [0.15, 0.2) is 53.5 Å². The van der Waals surface area contributed by atoms with Crippen LogP contribution in [-0.2, 0) is 16.1 Å². The minimum atomic E-state index is -0.168. The van der Waals surface area contributed by atoms with E-state index in [0.29, 0.717) is 24.4 Å². The first kappa shape index (κ1) is 19.4. The van der Waals surface area contributed by atoms with Crippen LogP contribution in [0.1, 0.15) is 43.0 Å². The molecule has 0 fully saturated rings. The van der Waals surface area contributed by atoms with E-state index in [-0.39, 0.29) is 11.8 Å². The zero-order valence-corrected chi connectivity index (χ0v) is 16.8. The van der Waals surface area contributed by atoms with Crippen LogP contribution in [-0.4, -0.2) is 35.2 Å². The minimum absolute atomic E-state index is 0.158. The lowest BCUT2D eigenvalue weighted by atomic mass is 10.1. The first-order valence-electron chi connectivity index (χ1n) is 9.53. The van der Waals surface area contributed by atoms with E-state index in [2.05, 4.69) is 6.92 Å². The summed E-state index contributed by atoms with van der Waals surface area (Å²) in [5, 5.41) is 1.94. The van der Waals surface area contributed by atoms with Gasteiger partial charge < -0.3 is 4.90 Å². The van der Waals surface area contributed by atoms with Gasteiger partial charge in [0.2, 0.25) is 0 Å². The molecular weight excluding hydrogens is 356 g/mol. The summed E-state index contributed by atoms with van der Waals surface area (Å²) in [6, 6.07) is 13.9. The topological polar surface area (TPSA) is 40.6 Å². The fourth-order valence-electron chi connectivity index (χ4n) is 3.40. The van der Waals surface area contributed by atoms with Crippen LogP contribution in [0.25, 0.3) is 5.57 Å². The molecule has 2 aromatic rings. The Labute approximate surface area is 165 Å². The Hall–Kier alpha value is -2.40. The van der Waals surface area contributed by atoms with Crippen molar-refractivity contribution < 1.29 is 9.59 Å². The van der Waals surface area contributed by atoms with Gasteiger partial charge in [-0.2, -0.15) is 0 Å². The van der Waals surface area contributed by atoms with Crippen LogP contribution in [0.3, 0.4) is 0 Å². The number of amides is 2. The van der Waals surface area contributed by atoms with Gasteiger partial charge in [0.05, 0.1) is 5.57 Å². The molecule has 0 radical (unpaired) electrons. The van der Waals surface area contributed by atoms with Crippen molar-refractivity contribution in [2.45, 2.75) is 39.2 Å². The van der Waals surface area contributed by atoms with Crippen molar-refractivity contribution in [1.82, 2.24) is 9.80 Å². The molecule has 0 spiro atoms. The van der Waals surface area contributed by atoms with E-state index < -0.39 is 0 Å². The fourth-order valence-corrected chi connectivity index (χ4v) is 4.16. The lowest BCUT2D eigenvalue weighted by Gasteiger charge is -2.21. The summed E-state index contributed by atoms with van der Waals surface area (Å²) in [6.45, 7) is 3.24. The number of benzene rings is 1. The van der Waals surface area contributed by atoms with Crippen molar-refractivity contribution in [3.05, 3.63) is 64.0 Å². The van der Waals surface area contributed by atoms with Gasteiger partial charge >= 0.3 is 0 Å². The second kappa shape index (κ2) is 9.00. The molecule has 2 heterocycles. The van der Waals surface area contributed by atoms with Gasteiger partial charge in [-0.3, -0.25) is 14.5 Å². The smallest absolute Gasteiger partial charge is 0.277 e. The first-order chi connectivity index (χ1) is 13.1. The maximum absolute atomic E-state index is 13.1. The molecule has 1 aromatic heterocycles. The lowest BCUT2D eigenvalue weighted by Crippen LogP contribution is -2.34. The van der Waals surface area contributed by atoms with E-state index in [1.165, 1.54) is 16.2 Å². The van der Waals surface area contributed by atoms with Crippen molar-refractivity contribution in [3.63, 3.8) is 0 Å². The predicted molar refractivity (Wildman–Crippen MR) is 110 cm³/mol. The molecule has 4 nitrogen and oxygen atoms in total. The summed E-state index contributed by atoms with van der Waals surface area (Å²) in [4.78, 5) is 30.4. The van der Waals surface area contributed by atoms with E-state index in [0.717, 1.165) is 36.1 Å². The summed E-state index contributed by atoms with van der Waals surface area (Å²) in [5.41, 5.74) is 2.17. The van der Waals surface area contributed by atoms with E-state index in [1.54, 1.807) is 0 Å². The number of carbonyl (C=O) groups excluding carboxylic acids is 2. The van der Waals surface area contributed by atoms with Crippen LogP contribution in [0.4, 0.5) is 0 Å². The highest BCUT2D eigenvalue weighted by molar-refractivity contribution is 7.11. The zero-order chi connectivity index (χ0) is 19.2. The molecule has 1 aliphatic heterocycles. The number of imide groups is 1. The van der Waals surface area contributed by atoms with Gasteiger partial charge in [-0.05, 0) is 23.4 Å². The third kappa shape index (κ3) is 4.30. The molecule has 0 atom stereocenters. The lowest BCUT2D eigenvalue weighted by molar-refractivity contribution is -0.137. The van der Waals surface area contributed by atoms with Crippen molar-refractivity contribution in [1.29, 1.82) is 0 Å². The summed E-state index contributed by atoms with van der Waals surface area (Å²) >= 11 is 1.50. The van der Waals surface area contributed by atoms with Gasteiger partial charge in [-0.25, -0.2) is 0 Å². The molecule has 27 heavy (non-hydrogen) atoms. The van der Waals surface area contributed by atoms with Crippen LogP contribution < -0.4 is 0 Å². The highest BCUT2D eigenvalue weighted by atomic mass is 32.1. The number of carbonyl (C=O) groups is 2. The summed E-state index contributed by atoms with van der Waals surface area (Å²) in [7, 11) is 1.89. The number of unbranched alkanes of at least 4 members (excludes halogenated alkanes) is 3. The Morgan fingerprint density at radius 2 is 1.74 bits per heavy atom. The Morgan fingerprint density at radius 1 is 0.963 bits per heavy atom. The third-order valence-corrected chi connectivity index (χ3v) is 5.68. The van der Waals surface area contributed by atoms with Crippen molar-refractivity contribution >= 4 is 28.7 Å². The maximum Gasteiger partial charge on any atom is 0.277 e. The molecule has 1 aliphatic rings. The summed E-state index contributed by atoms with van der Waals surface area (Å²) in [5.74, 6) is -0.327. The van der Waals surface area contributed by atoms with E-state index >= 15 is 0 Å². The van der Waals surface area contributed by atoms with E-state index in [1.807, 2.05) is 59.8 Å². The minimum Gasteiger partial charge on any atom is -0.365 e. The highest BCUT2D eigenvalue weighted by Crippen LogP contribution is 2.34. The molecule has 5 heteroatoms. The Kier molecular flexibility index (Phi) is 6.45. The number of hydrogen-bond donors (Lipinski definition) is 0. The quantitative estimate of drug-likeness (QED) is 0.472. The largest absolute Gasteiger partial charge is 0.365 e. The maximum atomic E-state index is 13.1. The van der Waals surface area contributed by atoms with Gasteiger partial charge in [-0.15, -0.1) is 11.3 Å². The van der Waals surface area contributed by atoms with Gasteiger partial charge in [0.25, 0.3) is 11.8 Å². The number of nitrogens with zero attached hydrogens (tertiary/aromatic N) is 2. The third-order valence-electron chi connectivity index (χ3n) is 4.79. The molecule has 1 aromatic carbocycles. The second-order valence-electron chi connectivity index (χ2n) is 6.87. The Morgan fingerprint density at radius 3 is 2.41 bits per heavy atom. The highest BCUT2D eigenvalue weighted by Gasteiger charge is 2.40. The second-order valence-corrected chi connectivity index (χ2v) is 7.81. The van der Waals surface area contributed by atoms with Crippen molar-refractivity contribution in [2.75, 3.05) is 13.6 Å². The van der Waals surface area contributed by atoms with Crippen molar-refractivity contribution in [2.24, 2.45) is 0 Å². The number of rotatable bonds is 9. The Bertz CT molecular complexity index is 812. The zero-order valence-electron chi connectivity index (χ0n) is 16.0. The van der Waals surface area contributed by atoms with Crippen LogP contribution in [0, 0.1) is 0 Å². The average molecular weight is 383 g/mol. The van der Waals surface area contributed by atoms with Gasteiger partial charge in [0, 0.05) is 25.0 Å². The first-order valence-corrected chi connectivity index (χ1v) is 10.4. The van der Waals surface area contributed by atoms with Crippen LogP contribution in [0.5, 0.6) is 0 Å². The normalized spacial score (nSPS) is 14.4. The van der Waals surface area contributed by atoms with E-state index in [4.69, 9.17) is 0 Å². The standard InChI is InChI=1S/C22H26N2O2S/c1-3-4-5-9-14-24-21(25)19(18-13-10-15-27-18)20(22(24)26)23(2)16-17-11-7-6-8-12-17/h6-8,10-13,15H,3-5,9,14,16H2,1-2H3. The molecule has 0 N–H and O–H groups in total.